The van der Waals surface area contributed by atoms with E-state index in [1.165, 1.54) is 17.8 Å². The van der Waals surface area contributed by atoms with Gasteiger partial charge in [0.2, 0.25) is 0 Å². The molecule has 1 fully saturated rings. The minimum absolute atomic E-state index is 0.536. The molecule has 0 N–H and O–H groups in total. The van der Waals surface area contributed by atoms with Crippen molar-refractivity contribution >= 4 is 23.4 Å². The van der Waals surface area contributed by atoms with E-state index in [2.05, 4.69) is 9.88 Å². The molecule has 0 radical (unpaired) electrons. The highest BCUT2D eigenvalue weighted by molar-refractivity contribution is 7.99. The normalized spacial score (nSPS) is 15.9. The summed E-state index contributed by atoms with van der Waals surface area (Å²) in [5, 5.41) is 0.590. The number of aryl methyl sites for hydroxylation is 1. The molecule has 27 heavy (non-hydrogen) atoms. The Hall–Kier alpha value is -1.28. The van der Waals surface area contributed by atoms with Crippen LogP contribution in [0, 0.1) is 0 Å². The molecule has 0 atom stereocenters. The fraction of sp³-hybridized carbons (Fsp3) is 0.421. The van der Waals surface area contributed by atoms with Crippen LogP contribution >= 0.6 is 23.4 Å². The summed E-state index contributed by atoms with van der Waals surface area (Å²) in [7, 11) is 0. The number of halogens is 4. The summed E-state index contributed by atoms with van der Waals surface area (Å²) in [4.78, 5) is 7.80. The lowest BCUT2D eigenvalue weighted by atomic mass is 10.1. The molecule has 1 aromatic heterocycles. The van der Waals surface area contributed by atoms with Gasteiger partial charge in [0, 0.05) is 34.1 Å². The quantitative estimate of drug-likeness (QED) is 0.648. The second-order valence-electron chi connectivity index (χ2n) is 6.28. The second kappa shape index (κ2) is 9.28. The van der Waals surface area contributed by atoms with Crippen molar-refractivity contribution < 1.29 is 17.9 Å². The molecule has 0 aliphatic carbocycles. The Labute approximate surface area is 165 Å². The summed E-state index contributed by atoms with van der Waals surface area (Å²) in [6, 6.07) is 8.23. The maximum atomic E-state index is 13.1. The van der Waals surface area contributed by atoms with Gasteiger partial charge in [-0.15, -0.1) is 0 Å². The smallest absolute Gasteiger partial charge is 0.379 e. The number of aromatic nitrogens is 1. The summed E-state index contributed by atoms with van der Waals surface area (Å²) < 4.78 is 44.6. The van der Waals surface area contributed by atoms with E-state index in [4.69, 9.17) is 16.3 Å². The van der Waals surface area contributed by atoms with Crippen molar-refractivity contribution in [1.82, 2.24) is 9.88 Å². The summed E-state index contributed by atoms with van der Waals surface area (Å²) in [6.45, 7) is 4.14. The molecule has 2 aromatic rings. The first-order valence-corrected chi connectivity index (χ1v) is 9.91. The van der Waals surface area contributed by atoms with Gasteiger partial charge < -0.3 is 4.74 Å². The summed E-state index contributed by atoms with van der Waals surface area (Å²) in [6.07, 6.45) is -2.01. The number of hydrogen-bond acceptors (Lipinski definition) is 4. The van der Waals surface area contributed by atoms with Crippen LogP contribution in [-0.2, 0) is 17.3 Å². The maximum Gasteiger partial charge on any atom is 0.417 e. The monoisotopic (exact) mass is 416 g/mol. The van der Waals surface area contributed by atoms with Gasteiger partial charge in [0.05, 0.1) is 24.5 Å². The summed E-state index contributed by atoms with van der Waals surface area (Å²) in [5.41, 5.74) is -0.0351. The molecule has 0 unspecified atom stereocenters. The Kier molecular flexibility index (Phi) is 7.03. The van der Waals surface area contributed by atoms with Gasteiger partial charge in [-0.25, -0.2) is 0 Å². The van der Waals surface area contributed by atoms with Gasteiger partial charge in [0.1, 0.15) is 0 Å². The van der Waals surface area contributed by atoms with Crippen LogP contribution in [0.25, 0.3) is 0 Å². The molecule has 1 aromatic carbocycles. The summed E-state index contributed by atoms with van der Waals surface area (Å²) >= 11 is 7.17. The summed E-state index contributed by atoms with van der Waals surface area (Å²) in [5.74, 6) is 0. The van der Waals surface area contributed by atoms with Gasteiger partial charge >= 0.3 is 6.18 Å². The molecule has 2 heterocycles. The van der Waals surface area contributed by atoms with Crippen LogP contribution in [0.2, 0.25) is 5.02 Å². The van der Waals surface area contributed by atoms with Crippen LogP contribution < -0.4 is 0 Å². The first-order valence-electron chi connectivity index (χ1n) is 8.71. The van der Waals surface area contributed by atoms with Crippen LogP contribution in [0.3, 0.4) is 0 Å². The fourth-order valence-corrected chi connectivity index (χ4v) is 3.94. The van der Waals surface area contributed by atoms with E-state index in [9.17, 15) is 13.2 Å². The molecule has 146 valence electrons. The Morgan fingerprint density at radius 3 is 2.52 bits per heavy atom. The highest BCUT2D eigenvalue weighted by Crippen LogP contribution is 2.36. The van der Waals surface area contributed by atoms with Crippen molar-refractivity contribution in [3.05, 3.63) is 52.8 Å². The van der Waals surface area contributed by atoms with Crippen molar-refractivity contribution in [1.29, 1.82) is 0 Å². The zero-order valence-corrected chi connectivity index (χ0v) is 16.2. The standard InChI is InChI=1S/C19H20ClF3N2OS/c20-15-3-5-16(6-4-15)27-18-12-14(19(21,22)23)13-24-17(18)2-1-7-25-8-10-26-11-9-25/h3-6,12-13H,1-2,7-11H2. The van der Waals surface area contributed by atoms with Gasteiger partial charge in [-0.05, 0) is 49.7 Å². The van der Waals surface area contributed by atoms with Gasteiger partial charge in [0.15, 0.2) is 0 Å². The number of morpholine rings is 1. The van der Waals surface area contributed by atoms with E-state index >= 15 is 0 Å². The number of pyridine rings is 1. The third-order valence-corrected chi connectivity index (χ3v) is 5.62. The van der Waals surface area contributed by atoms with E-state index in [0.717, 1.165) is 50.4 Å². The second-order valence-corrected chi connectivity index (χ2v) is 7.83. The number of ether oxygens (including phenoxy) is 1. The third kappa shape index (κ3) is 6.10. The first kappa shape index (κ1) is 20.5. The first-order chi connectivity index (χ1) is 12.9. The molecule has 0 spiro atoms. The molecule has 3 nitrogen and oxygen atoms in total. The third-order valence-electron chi connectivity index (χ3n) is 4.29. The molecule has 8 heteroatoms. The van der Waals surface area contributed by atoms with Crippen LogP contribution in [0.1, 0.15) is 17.7 Å². The topological polar surface area (TPSA) is 25.4 Å². The van der Waals surface area contributed by atoms with E-state index in [1.54, 1.807) is 24.3 Å². The number of nitrogens with zero attached hydrogens (tertiary/aromatic N) is 2. The van der Waals surface area contributed by atoms with Crippen LogP contribution in [0.5, 0.6) is 0 Å². The van der Waals surface area contributed by atoms with E-state index in [1.807, 2.05) is 0 Å². The molecular formula is C19H20ClF3N2OS. The Morgan fingerprint density at radius 1 is 1.15 bits per heavy atom. The Balaban J connectivity index is 1.73. The highest BCUT2D eigenvalue weighted by atomic mass is 35.5. The largest absolute Gasteiger partial charge is 0.417 e. The zero-order chi connectivity index (χ0) is 19.3. The number of benzene rings is 1. The lowest BCUT2D eigenvalue weighted by Gasteiger charge is -2.26. The molecule has 0 amide bonds. The van der Waals surface area contributed by atoms with Gasteiger partial charge in [0.25, 0.3) is 0 Å². The lowest BCUT2D eigenvalue weighted by Crippen LogP contribution is -2.37. The van der Waals surface area contributed by atoms with E-state index in [0.29, 0.717) is 22.0 Å². The molecular weight excluding hydrogens is 397 g/mol. The van der Waals surface area contributed by atoms with Crippen LogP contribution in [-0.4, -0.2) is 42.7 Å². The average Bonchev–Trinajstić information content (AvgIpc) is 2.65. The van der Waals surface area contributed by atoms with Crippen LogP contribution in [0.15, 0.2) is 46.3 Å². The predicted molar refractivity (Wildman–Crippen MR) is 100 cm³/mol. The minimum Gasteiger partial charge on any atom is -0.379 e. The minimum atomic E-state index is -4.41. The van der Waals surface area contributed by atoms with Gasteiger partial charge in [-0.1, -0.05) is 23.4 Å². The fourth-order valence-electron chi connectivity index (χ4n) is 2.83. The van der Waals surface area contributed by atoms with Crippen molar-refractivity contribution in [2.75, 3.05) is 32.8 Å². The molecule has 0 bridgehead atoms. The Morgan fingerprint density at radius 2 is 1.85 bits per heavy atom. The SMILES string of the molecule is FC(F)(F)c1cnc(CCCN2CCOCC2)c(Sc2ccc(Cl)cc2)c1. The van der Waals surface area contributed by atoms with Gasteiger partial charge in [-0.2, -0.15) is 13.2 Å². The predicted octanol–water partition coefficient (Wildman–Crippen LogP) is 5.17. The molecule has 3 rings (SSSR count). The van der Waals surface area contributed by atoms with E-state index < -0.39 is 11.7 Å². The number of alkyl halides is 3. The van der Waals surface area contributed by atoms with E-state index in [-0.39, 0.29) is 0 Å². The average molecular weight is 417 g/mol. The number of hydrogen-bond donors (Lipinski definition) is 0. The number of rotatable bonds is 6. The lowest BCUT2D eigenvalue weighted by molar-refractivity contribution is -0.138. The zero-order valence-electron chi connectivity index (χ0n) is 14.6. The molecule has 1 aliphatic rings. The van der Waals surface area contributed by atoms with Crippen molar-refractivity contribution in [3.63, 3.8) is 0 Å². The highest BCUT2D eigenvalue weighted by Gasteiger charge is 2.31. The van der Waals surface area contributed by atoms with Gasteiger partial charge in [-0.3, -0.25) is 9.88 Å². The van der Waals surface area contributed by atoms with Crippen LogP contribution in [0.4, 0.5) is 13.2 Å². The van der Waals surface area contributed by atoms with Crippen molar-refractivity contribution in [3.8, 4) is 0 Å². The Bertz CT molecular complexity index is 750. The molecule has 1 aliphatic heterocycles. The van der Waals surface area contributed by atoms with Crippen molar-refractivity contribution in [2.45, 2.75) is 28.8 Å². The maximum absolute atomic E-state index is 13.1. The van der Waals surface area contributed by atoms with Crippen molar-refractivity contribution in [2.24, 2.45) is 0 Å². The molecule has 0 saturated carbocycles. The molecule has 1 saturated heterocycles.